The lowest BCUT2D eigenvalue weighted by atomic mass is 9.84. The van der Waals surface area contributed by atoms with Crippen molar-refractivity contribution in [3.8, 4) is 0 Å². The standard InChI is InChI=1S/C25H36ClN3/c1-7-11-29(12-10-17(4)16(2)3)25-24-19(6)20(13-18(5)27-24)14-21-15-22(26)8-9-23(21)28-25/h8-9,15-17,20H,7,10-14H2,1-6H3. The second-order valence-corrected chi connectivity index (χ2v) is 9.63. The van der Waals surface area contributed by atoms with Gasteiger partial charge < -0.3 is 4.90 Å². The van der Waals surface area contributed by atoms with Crippen LogP contribution in [0.3, 0.4) is 0 Å². The van der Waals surface area contributed by atoms with Crippen LogP contribution in [0.5, 0.6) is 0 Å². The number of nitrogens with zero attached hydrogens (tertiary/aromatic N) is 3. The van der Waals surface area contributed by atoms with E-state index in [1.54, 1.807) is 0 Å². The van der Waals surface area contributed by atoms with E-state index < -0.39 is 0 Å². The first-order valence-electron chi connectivity index (χ1n) is 11.2. The number of fused-ring (bicyclic) bond motifs is 2. The van der Waals surface area contributed by atoms with Gasteiger partial charge in [0.2, 0.25) is 0 Å². The number of benzene rings is 1. The van der Waals surface area contributed by atoms with Crippen LogP contribution in [0.1, 0.15) is 66.4 Å². The lowest BCUT2D eigenvalue weighted by Crippen LogP contribution is -2.37. The molecule has 0 saturated heterocycles. The molecule has 0 amide bonds. The molecule has 0 aliphatic carbocycles. The SMILES string of the molecule is CCCN(CCC(C)C(C)C)C1=Nc2ccc(Cl)cc2CC2CC(C)=NC1=C2C. The van der Waals surface area contributed by atoms with E-state index >= 15 is 0 Å². The van der Waals surface area contributed by atoms with E-state index in [1.807, 2.05) is 6.07 Å². The maximum atomic E-state index is 6.34. The van der Waals surface area contributed by atoms with Gasteiger partial charge in [-0.3, -0.25) is 4.99 Å². The Morgan fingerprint density at radius 3 is 2.55 bits per heavy atom. The van der Waals surface area contributed by atoms with Crippen LogP contribution in [0.2, 0.25) is 5.02 Å². The predicted octanol–water partition coefficient (Wildman–Crippen LogP) is 7.08. The summed E-state index contributed by atoms with van der Waals surface area (Å²) in [6.45, 7) is 15.7. The molecule has 0 aromatic heterocycles. The molecule has 0 spiro atoms. The van der Waals surface area contributed by atoms with Crippen LogP contribution in [0.4, 0.5) is 5.69 Å². The Bertz CT molecular complexity index is 834. The first kappa shape index (κ1) is 22.1. The highest BCUT2D eigenvalue weighted by atomic mass is 35.5. The molecule has 2 bridgehead atoms. The van der Waals surface area contributed by atoms with Crippen molar-refractivity contribution >= 4 is 28.8 Å². The summed E-state index contributed by atoms with van der Waals surface area (Å²) in [5.74, 6) is 2.91. The van der Waals surface area contributed by atoms with Gasteiger partial charge >= 0.3 is 0 Å². The minimum Gasteiger partial charge on any atom is -0.355 e. The minimum atomic E-state index is 0.475. The number of hydrogen-bond acceptors (Lipinski definition) is 3. The van der Waals surface area contributed by atoms with Crippen molar-refractivity contribution < 1.29 is 0 Å². The summed E-state index contributed by atoms with van der Waals surface area (Å²) < 4.78 is 0. The molecule has 0 N–H and O–H groups in total. The average Bonchev–Trinajstić information content (AvgIpc) is 2.67. The van der Waals surface area contributed by atoms with Gasteiger partial charge in [0.15, 0.2) is 5.84 Å². The van der Waals surface area contributed by atoms with Gasteiger partial charge in [0, 0.05) is 23.8 Å². The lowest BCUT2D eigenvalue weighted by Gasteiger charge is -2.33. The van der Waals surface area contributed by atoms with Crippen LogP contribution in [-0.2, 0) is 6.42 Å². The van der Waals surface area contributed by atoms with Crippen LogP contribution in [-0.4, -0.2) is 29.5 Å². The average molecular weight is 414 g/mol. The lowest BCUT2D eigenvalue weighted by molar-refractivity contribution is 0.324. The number of halogens is 1. The maximum Gasteiger partial charge on any atom is 0.155 e. The van der Waals surface area contributed by atoms with E-state index in [4.69, 9.17) is 21.6 Å². The molecule has 3 rings (SSSR count). The Morgan fingerprint density at radius 1 is 1.10 bits per heavy atom. The topological polar surface area (TPSA) is 28.0 Å². The van der Waals surface area contributed by atoms with E-state index in [0.29, 0.717) is 17.8 Å². The third-order valence-electron chi connectivity index (χ3n) is 6.56. The van der Waals surface area contributed by atoms with E-state index in [-0.39, 0.29) is 0 Å². The Balaban J connectivity index is 2.07. The first-order chi connectivity index (χ1) is 13.8. The van der Waals surface area contributed by atoms with E-state index in [2.05, 4.69) is 58.6 Å². The van der Waals surface area contributed by atoms with Crippen molar-refractivity contribution in [3.63, 3.8) is 0 Å². The second-order valence-electron chi connectivity index (χ2n) is 9.19. The zero-order valence-corrected chi connectivity index (χ0v) is 19.7. The molecule has 2 atom stereocenters. The van der Waals surface area contributed by atoms with E-state index in [1.165, 1.54) is 23.3 Å². The fraction of sp³-hybridized carbons (Fsp3) is 0.600. The van der Waals surface area contributed by atoms with Gasteiger partial charge in [-0.05, 0) is 86.6 Å². The molecule has 1 aromatic carbocycles. The summed E-state index contributed by atoms with van der Waals surface area (Å²) in [6.07, 6.45) is 4.27. The quantitative estimate of drug-likeness (QED) is 0.489. The largest absolute Gasteiger partial charge is 0.355 e. The van der Waals surface area contributed by atoms with Gasteiger partial charge in [0.1, 0.15) is 5.70 Å². The molecule has 1 aromatic rings. The highest BCUT2D eigenvalue weighted by Crippen LogP contribution is 2.37. The Morgan fingerprint density at radius 2 is 1.86 bits per heavy atom. The zero-order chi connectivity index (χ0) is 21.1. The highest BCUT2D eigenvalue weighted by Gasteiger charge is 2.29. The number of amidine groups is 1. The van der Waals surface area contributed by atoms with Gasteiger partial charge in [-0.15, -0.1) is 0 Å². The third kappa shape index (κ3) is 5.12. The summed E-state index contributed by atoms with van der Waals surface area (Å²) in [7, 11) is 0. The molecule has 0 fully saturated rings. The Kier molecular flexibility index (Phi) is 7.21. The molecule has 2 aliphatic heterocycles. The van der Waals surface area contributed by atoms with Gasteiger partial charge in [-0.1, -0.05) is 39.3 Å². The molecule has 29 heavy (non-hydrogen) atoms. The zero-order valence-electron chi connectivity index (χ0n) is 18.9. The van der Waals surface area contributed by atoms with Crippen LogP contribution >= 0.6 is 11.6 Å². The molecular weight excluding hydrogens is 378 g/mol. The monoisotopic (exact) mass is 413 g/mol. The fourth-order valence-corrected chi connectivity index (χ4v) is 4.44. The summed E-state index contributed by atoms with van der Waals surface area (Å²) in [4.78, 5) is 12.7. The van der Waals surface area contributed by atoms with Crippen LogP contribution in [0.25, 0.3) is 0 Å². The smallest absolute Gasteiger partial charge is 0.155 e. The van der Waals surface area contributed by atoms with Gasteiger partial charge in [0.25, 0.3) is 0 Å². The third-order valence-corrected chi connectivity index (χ3v) is 6.80. The summed E-state index contributed by atoms with van der Waals surface area (Å²) in [5.41, 5.74) is 5.98. The predicted molar refractivity (Wildman–Crippen MR) is 127 cm³/mol. The summed E-state index contributed by atoms with van der Waals surface area (Å²) in [6, 6.07) is 6.13. The molecule has 158 valence electrons. The maximum absolute atomic E-state index is 6.34. The van der Waals surface area contributed by atoms with E-state index in [9.17, 15) is 0 Å². The number of allylic oxidation sites excluding steroid dienone is 1. The second kappa shape index (κ2) is 9.47. The van der Waals surface area contributed by atoms with Gasteiger partial charge in [0.05, 0.1) is 5.69 Å². The number of aliphatic imine (C=N–C) groups is 2. The summed E-state index contributed by atoms with van der Waals surface area (Å²) in [5, 5.41) is 0.792. The van der Waals surface area contributed by atoms with Crippen molar-refractivity contribution in [1.82, 2.24) is 4.90 Å². The molecule has 4 heteroatoms. The van der Waals surface area contributed by atoms with Crippen molar-refractivity contribution in [2.24, 2.45) is 27.7 Å². The van der Waals surface area contributed by atoms with Crippen LogP contribution in [0.15, 0.2) is 39.5 Å². The number of rotatable bonds is 6. The molecule has 0 radical (unpaired) electrons. The summed E-state index contributed by atoms with van der Waals surface area (Å²) >= 11 is 6.34. The molecule has 0 saturated carbocycles. The van der Waals surface area contributed by atoms with Crippen molar-refractivity contribution in [2.45, 2.75) is 67.2 Å². The highest BCUT2D eigenvalue weighted by molar-refractivity contribution is 6.30. The van der Waals surface area contributed by atoms with Crippen LogP contribution < -0.4 is 0 Å². The fourth-order valence-electron chi connectivity index (χ4n) is 4.25. The van der Waals surface area contributed by atoms with Crippen molar-refractivity contribution in [1.29, 1.82) is 0 Å². The molecule has 2 aliphatic rings. The molecule has 3 nitrogen and oxygen atoms in total. The van der Waals surface area contributed by atoms with Gasteiger partial charge in [-0.2, -0.15) is 0 Å². The molecule has 2 unspecified atom stereocenters. The Labute approximate surface area is 182 Å². The normalized spacial score (nSPS) is 19.9. The van der Waals surface area contributed by atoms with Crippen molar-refractivity contribution in [2.75, 3.05) is 13.1 Å². The van der Waals surface area contributed by atoms with E-state index in [0.717, 1.165) is 54.6 Å². The number of hydrogen-bond donors (Lipinski definition) is 0. The first-order valence-corrected chi connectivity index (χ1v) is 11.5. The van der Waals surface area contributed by atoms with Crippen molar-refractivity contribution in [3.05, 3.63) is 40.1 Å². The molecular formula is C25H36ClN3. The minimum absolute atomic E-state index is 0.475. The Hall–Kier alpha value is -1.61. The van der Waals surface area contributed by atoms with Gasteiger partial charge in [-0.25, -0.2) is 4.99 Å². The van der Waals surface area contributed by atoms with Crippen LogP contribution in [0, 0.1) is 17.8 Å². The molecule has 2 heterocycles.